The van der Waals surface area contributed by atoms with Gasteiger partial charge >= 0.3 is 0 Å². The monoisotopic (exact) mass is 315 g/mol. The fourth-order valence-electron chi connectivity index (χ4n) is 1.56. The van der Waals surface area contributed by atoms with Crippen molar-refractivity contribution in [2.45, 2.75) is 32.0 Å². The van der Waals surface area contributed by atoms with E-state index < -0.39 is 10.0 Å². The second-order valence-corrected chi connectivity index (χ2v) is 7.21. The molecule has 0 atom stereocenters. The summed E-state index contributed by atoms with van der Waals surface area (Å²) >= 11 is 1.46. The van der Waals surface area contributed by atoms with Crippen LogP contribution in [0.1, 0.15) is 22.6 Å². The van der Waals surface area contributed by atoms with Crippen molar-refractivity contribution in [1.29, 1.82) is 0 Å². The van der Waals surface area contributed by atoms with Gasteiger partial charge in [0.25, 0.3) is 10.0 Å². The van der Waals surface area contributed by atoms with Crippen LogP contribution in [0.5, 0.6) is 0 Å². The largest absolute Gasteiger partial charge is 0.447 e. The lowest BCUT2D eigenvalue weighted by Gasteiger charge is -2.02. The van der Waals surface area contributed by atoms with Gasteiger partial charge in [-0.2, -0.15) is 0 Å². The van der Waals surface area contributed by atoms with Crippen molar-refractivity contribution < 1.29 is 12.8 Å². The predicted molar refractivity (Wildman–Crippen MR) is 77.0 cm³/mol. The Hall–Kier alpha value is -1.22. The number of nitrogens with zero attached hydrogens (tertiary/aromatic N) is 1. The molecule has 0 radical (unpaired) electrons. The molecule has 2 aromatic rings. The smallest absolute Gasteiger partial charge is 0.274 e. The Morgan fingerprint density at radius 2 is 2.15 bits per heavy atom. The number of aryl methyl sites for hydroxylation is 1. The van der Waals surface area contributed by atoms with Gasteiger partial charge < -0.3 is 9.73 Å². The second-order valence-electron chi connectivity index (χ2n) is 4.19. The van der Waals surface area contributed by atoms with Crippen LogP contribution >= 0.6 is 11.3 Å². The molecule has 2 aromatic heterocycles. The second kappa shape index (κ2) is 6.49. The fourth-order valence-corrected chi connectivity index (χ4v) is 3.31. The van der Waals surface area contributed by atoms with Gasteiger partial charge in [0.1, 0.15) is 10.8 Å². The maximum Gasteiger partial charge on any atom is 0.274 e. The van der Waals surface area contributed by atoms with E-state index in [4.69, 9.17) is 4.42 Å². The number of aromatic nitrogens is 1. The number of sulfonamides is 1. The van der Waals surface area contributed by atoms with Gasteiger partial charge in [-0.3, -0.25) is 0 Å². The molecule has 0 amide bonds. The van der Waals surface area contributed by atoms with Crippen LogP contribution in [0.3, 0.4) is 0 Å². The van der Waals surface area contributed by atoms with Crippen LogP contribution in [0, 0.1) is 6.92 Å². The van der Waals surface area contributed by atoms with Gasteiger partial charge in [0.15, 0.2) is 0 Å². The average molecular weight is 315 g/mol. The highest BCUT2D eigenvalue weighted by Gasteiger charge is 2.18. The minimum atomic E-state index is -3.63. The molecule has 110 valence electrons. The van der Waals surface area contributed by atoms with Crippen molar-refractivity contribution in [3.05, 3.63) is 34.0 Å². The molecule has 0 aliphatic heterocycles. The number of furan rings is 1. The normalized spacial score (nSPS) is 11.9. The predicted octanol–water partition coefficient (Wildman–Crippen LogP) is 1.63. The summed E-state index contributed by atoms with van der Waals surface area (Å²) in [7, 11) is -3.63. The first-order valence-corrected chi connectivity index (χ1v) is 8.51. The van der Waals surface area contributed by atoms with E-state index in [1.54, 1.807) is 12.3 Å². The molecule has 0 bridgehead atoms. The van der Waals surface area contributed by atoms with Crippen molar-refractivity contribution in [3.8, 4) is 0 Å². The highest BCUT2D eigenvalue weighted by atomic mass is 32.2. The molecule has 0 aromatic carbocycles. The zero-order valence-corrected chi connectivity index (χ0v) is 13.0. The molecule has 0 aliphatic carbocycles. The number of hydrogen-bond donors (Lipinski definition) is 2. The molecule has 0 spiro atoms. The topological polar surface area (TPSA) is 84.2 Å². The van der Waals surface area contributed by atoms with E-state index in [0.29, 0.717) is 12.3 Å². The van der Waals surface area contributed by atoms with Gasteiger partial charge in [0, 0.05) is 11.1 Å². The number of rotatable bonds is 7. The summed E-state index contributed by atoms with van der Waals surface area (Å²) in [6.07, 6.45) is 1.72. The Morgan fingerprint density at radius 3 is 2.80 bits per heavy atom. The lowest BCUT2D eigenvalue weighted by molar-refractivity contribution is 0.401. The van der Waals surface area contributed by atoms with Crippen molar-refractivity contribution in [2.75, 3.05) is 6.54 Å². The van der Waals surface area contributed by atoms with E-state index in [0.717, 1.165) is 16.4 Å². The van der Waals surface area contributed by atoms with E-state index in [-0.39, 0.29) is 11.6 Å². The van der Waals surface area contributed by atoms with Crippen molar-refractivity contribution in [3.63, 3.8) is 0 Å². The van der Waals surface area contributed by atoms with Crippen molar-refractivity contribution in [2.24, 2.45) is 0 Å². The summed E-state index contributed by atoms with van der Waals surface area (Å²) in [5, 5.41) is 3.73. The standard InChI is InChI=1S/C12H17N3O3S2/c1-3-13-7-10-4-5-12(18-10)20(16,17)15-8-11-14-6-9(2)19-11/h4-6,13,15H,3,7-8H2,1-2H3. The van der Waals surface area contributed by atoms with E-state index in [1.165, 1.54) is 17.4 Å². The molecular weight excluding hydrogens is 298 g/mol. The molecule has 0 aliphatic rings. The van der Waals surface area contributed by atoms with Gasteiger partial charge in [-0.15, -0.1) is 11.3 Å². The third-order valence-electron chi connectivity index (χ3n) is 2.53. The third kappa shape index (κ3) is 3.89. The first-order chi connectivity index (χ1) is 9.51. The Labute approximate surface area is 122 Å². The number of hydrogen-bond acceptors (Lipinski definition) is 6. The van der Waals surface area contributed by atoms with Crippen LogP contribution < -0.4 is 10.0 Å². The Bertz CT molecular complexity index is 661. The third-order valence-corrected chi connectivity index (χ3v) is 4.72. The molecule has 0 saturated carbocycles. The summed E-state index contributed by atoms with van der Waals surface area (Å²) in [5.74, 6) is 0.595. The van der Waals surface area contributed by atoms with E-state index in [2.05, 4.69) is 15.0 Å². The molecule has 2 heterocycles. The quantitative estimate of drug-likeness (QED) is 0.811. The van der Waals surface area contributed by atoms with Crippen LogP contribution in [0.4, 0.5) is 0 Å². The number of nitrogens with one attached hydrogen (secondary N) is 2. The zero-order valence-electron chi connectivity index (χ0n) is 11.3. The Morgan fingerprint density at radius 1 is 1.35 bits per heavy atom. The molecule has 0 unspecified atom stereocenters. The van der Waals surface area contributed by atoms with Gasteiger partial charge in [0.2, 0.25) is 5.09 Å². The highest BCUT2D eigenvalue weighted by molar-refractivity contribution is 7.89. The average Bonchev–Trinajstić information content (AvgIpc) is 3.03. The van der Waals surface area contributed by atoms with Crippen LogP contribution in [-0.4, -0.2) is 19.9 Å². The maximum atomic E-state index is 12.1. The van der Waals surface area contributed by atoms with Crippen LogP contribution in [-0.2, 0) is 23.1 Å². The molecule has 0 fully saturated rings. The SMILES string of the molecule is CCNCc1ccc(S(=O)(=O)NCc2ncc(C)s2)o1. The molecule has 6 nitrogen and oxygen atoms in total. The van der Waals surface area contributed by atoms with Crippen molar-refractivity contribution in [1.82, 2.24) is 15.0 Å². The van der Waals surface area contributed by atoms with Gasteiger partial charge in [-0.05, 0) is 25.6 Å². The minimum absolute atomic E-state index is 0.0707. The van der Waals surface area contributed by atoms with Crippen LogP contribution in [0.2, 0.25) is 0 Å². The minimum Gasteiger partial charge on any atom is -0.447 e. The molecular formula is C12H17N3O3S2. The van der Waals surface area contributed by atoms with Gasteiger partial charge in [0.05, 0.1) is 13.1 Å². The highest BCUT2D eigenvalue weighted by Crippen LogP contribution is 2.15. The molecule has 20 heavy (non-hydrogen) atoms. The summed E-state index contributed by atoms with van der Waals surface area (Å²) < 4.78 is 31.9. The Balaban J connectivity index is 2.00. The zero-order chi connectivity index (χ0) is 14.6. The van der Waals surface area contributed by atoms with Crippen LogP contribution in [0.25, 0.3) is 0 Å². The first kappa shape index (κ1) is 15.2. The van der Waals surface area contributed by atoms with Gasteiger partial charge in [-0.25, -0.2) is 18.1 Å². The molecule has 8 heteroatoms. The van der Waals surface area contributed by atoms with E-state index >= 15 is 0 Å². The molecule has 2 rings (SSSR count). The summed E-state index contributed by atoms with van der Waals surface area (Å²) in [6, 6.07) is 3.12. The number of thiazole rings is 1. The summed E-state index contributed by atoms with van der Waals surface area (Å²) in [6.45, 7) is 5.37. The van der Waals surface area contributed by atoms with E-state index in [1.807, 2.05) is 13.8 Å². The fraction of sp³-hybridized carbons (Fsp3) is 0.417. The van der Waals surface area contributed by atoms with Crippen LogP contribution in [0.15, 0.2) is 27.8 Å². The van der Waals surface area contributed by atoms with Crippen molar-refractivity contribution >= 4 is 21.4 Å². The molecule has 2 N–H and O–H groups in total. The summed E-state index contributed by atoms with van der Waals surface area (Å²) in [4.78, 5) is 5.16. The van der Waals surface area contributed by atoms with Gasteiger partial charge in [-0.1, -0.05) is 6.92 Å². The lowest BCUT2D eigenvalue weighted by atomic mass is 10.4. The summed E-state index contributed by atoms with van der Waals surface area (Å²) in [5.41, 5.74) is 0. The Kier molecular flexibility index (Phi) is 4.92. The lowest BCUT2D eigenvalue weighted by Crippen LogP contribution is -2.22. The molecule has 0 saturated heterocycles. The van der Waals surface area contributed by atoms with E-state index in [9.17, 15) is 8.42 Å². The first-order valence-electron chi connectivity index (χ1n) is 6.21. The maximum absolute atomic E-state index is 12.1.